The quantitative estimate of drug-likeness (QED) is 0.455. The summed E-state index contributed by atoms with van der Waals surface area (Å²) in [6, 6.07) is 11.6. The summed E-state index contributed by atoms with van der Waals surface area (Å²) in [4.78, 5) is 17.5. The number of halogens is 2. The Morgan fingerprint density at radius 2 is 2.00 bits per heavy atom. The largest absolute Gasteiger partial charge is 0.327 e. The molecule has 0 fully saturated rings. The Balaban J connectivity index is 1.62. The molecule has 4 rings (SSSR count). The van der Waals surface area contributed by atoms with Crippen LogP contribution < -0.4 is 0 Å². The molecule has 1 atom stereocenters. The molecule has 1 aliphatic rings. The maximum Gasteiger partial charge on any atom is 0.247 e. The SMILES string of the molecule is O=C(/C=C/c1ccc(Cl)c(Cl)c1)N1CCc2sccc2C1c1cccs1. The van der Waals surface area contributed by atoms with Gasteiger partial charge in [-0.1, -0.05) is 35.3 Å². The summed E-state index contributed by atoms with van der Waals surface area (Å²) in [6.45, 7) is 0.723. The molecule has 1 amide bonds. The third-order valence-corrected chi connectivity index (χ3v) is 7.08. The molecule has 3 aromatic rings. The molecule has 0 bridgehead atoms. The normalized spacial score (nSPS) is 16.8. The van der Waals surface area contributed by atoms with E-state index in [2.05, 4.69) is 22.9 Å². The molecule has 132 valence electrons. The van der Waals surface area contributed by atoms with Crippen LogP contribution in [0, 0.1) is 0 Å². The molecular weight excluding hydrogens is 405 g/mol. The fraction of sp³-hybridized carbons (Fsp3) is 0.150. The number of carbonyl (C=O) groups excluding carboxylic acids is 1. The predicted octanol–water partition coefficient (Wildman–Crippen LogP) is 6.30. The molecular formula is C20H15Cl2NOS2. The third-order valence-electron chi connectivity index (χ3n) is 4.42. The lowest BCUT2D eigenvalue weighted by Gasteiger charge is -2.34. The van der Waals surface area contributed by atoms with E-state index in [1.54, 1.807) is 47.0 Å². The molecule has 0 saturated carbocycles. The van der Waals surface area contributed by atoms with Gasteiger partial charge in [-0.05, 0) is 58.6 Å². The van der Waals surface area contributed by atoms with E-state index in [9.17, 15) is 4.79 Å². The first-order valence-corrected chi connectivity index (χ1v) is 10.7. The van der Waals surface area contributed by atoms with Crippen LogP contribution in [0.2, 0.25) is 10.0 Å². The second kappa shape index (κ2) is 7.57. The molecule has 1 unspecified atom stereocenters. The van der Waals surface area contributed by atoms with Crippen LogP contribution in [0.3, 0.4) is 0 Å². The minimum Gasteiger partial charge on any atom is -0.327 e. The average Bonchev–Trinajstić information content (AvgIpc) is 3.33. The lowest BCUT2D eigenvalue weighted by Crippen LogP contribution is -2.38. The molecule has 0 radical (unpaired) electrons. The summed E-state index contributed by atoms with van der Waals surface area (Å²) >= 11 is 15.5. The van der Waals surface area contributed by atoms with Crippen molar-refractivity contribution in [1.29, 1.82) is 0 Å². The Labute approximate surface area is 170 Å². The van der Waals surface area contributed by atoms with Gasteiger partial charge in [-0.3, -0.25) is 4.79 Å². The fourth-order valence-corrected chi connectivity index (χ4v) is 5.25. The van der Waals surface area contributed by atoms with Crippen molar-refractivity contribution >= 4 is 57.9 Å². The van der Waals surface area contributed by atoms with E-state index in [1.165, 1.54) is 15.3 Å². The first kappa shape index (κ1) is 17.8. The Hall–Kier alpha value is -1.59. The first-order chi connectivity index (χ1) is 12.6. The minimum atomic E-state index is -0.00374. The standard InChI is InChI=1S/C20H15Cl2NOS2/c21-15-5-3-13(12-16(15)22)4-6-19(24)23-9-7-17-14(8-11-26-17)20(23)18-2-1-10-25-18/h1-6,8,10-12,20H,7,9H2/b6-4+. The van der Waals surface area contributed by atoms with Gasteiger partial charge in [0.2, 0.25) is 5.91 Å². The summed E-state index contributed by atoms with van der Waals surface area (Å²) in [7, 11) is 0. The second-order valence-electron chi connectivity index (χ2n) is 6.01. The van der Waals surface area contributed by atoms with Crippen LogP contribution in [-0.2, 0) is 11.2 Å². The van der Waals surface area contributed by atoms with Gasteiger partial charge in [0, 0.05) is 22.4 Å². The number of fused-ring (bicyclic) bond motifs is 1. The van der Waals surface area contributed by atoms with Crippen LogP contribution in [0.15, 0.2) is 53.2 Å². The molecule has 0 saturated heterocycles. The number of benzene rings is 1. The van der Waals surface area contributed by atoms with Gasteiger partial charge in [-0.2, -0.15) is 0 Å². The van der Waals surface area contributed by atoms with Crippen molar-refractivity contribution < 1.29 is 4.79 Å². The molecule has 2 aromatic heterocycles. The van der Waals surface area contributed by atoms with Crippen molar-refractivity contribution in [3.05, 3.63) is 84.2 Å². The van der Waals surface area contributed by atoms with E-state index in [1.807, 2.05) is 17.0 Å². The number of hydrogen-bond donors (Lipinski definition) is 0. The molecule has 3 heterocycles. The van der Waals surface area contributed by atoms with E-state index in [0.717, 1.165) is 18.5 Å². The van der Waals surface area contributed by atoms with Gasteiger partial charge in [0.1, 0.15) is 0 Å². The van der Waals surface area contributed by atoms with Gasteiger partial charge in [-0.25, -0.2) is 0 Å². The molecule has 26 heavy (non-hydrogen) atoms. The van der Waals surface area contributed by atoms with E-state index in [0.29, 0.717) is 10.0 Å². The van der Waals surface area contributed by atoms with Gasteiger partial charge >= 0.3 is 0 Å². The molecule has 1 aliphatic heterocycles. The summed E-state index contributed by atoms with van der Waals surface area (Å²) in [5.41, 5.74) is 2.11. The maximum absolute atomic E-state index is 12.9. The van der Waals surface area contributed by atoms with Gasteiger partial charge in [0.25, 0.3) is 0 Å². The summed E-state index contributed by atoms with van der Waals surface area (Å²) in [5.74, 6) is 0.00585. The van der Waals surface area contributed by atoms with Crippen molar-refractivity contribution in [3.63, 3.8) is 0 Å². The zero-order valence-corrected chi connectivity index (χ0v) is 16.8. The monoisotopic (exact) mass is 419 g/mol. The molecule has 0 spiro atoms. The minimum absolute atomic E-state index is 0.00374. The first-order valence-electron chi connectivity index (χ1n) is 8.17. The van der Waals surface area contributed by atoms with Crippen LogP contribution in [0.1, 0.15) is 26.9 Å². The van der Waals surface area contributed by atoms with Gasteiger partial charge in [-0.15, -0.1) is 22.7 Å². The van der Waals surface area contributed by atoms with Crippen LogP contribution in [-0.4, -0.2) is 17.4 Å². The van der Waals surface area contributed by atoms with Crippen molar-refractivity contribution in [2.45, 2.75) is 12.5 Å². The van der Waals surface area contributed by atoms with E-state index in [4.69, 9.17) is 23.2 Å². The van der Waals surface area contributed by atoms with Crippen LogP contribution in [0.25, 0.3) is 6.08 Å². The number of rotatable bonds is 3. The third kappa shape index (κ3) is 3.47. The highest BCUT2D eigenvalue weighted by Crippen LogP contribution is 2.39. The lowest BCUT2D eigenvalue weighted by molar-refractivity contribution is -0.127. The van der Waals surface area contributed by atoms with Gasteiger partial charge in [0.15, 0.2) is 0 Å². The van der Waals surface area contributed by atoms with E-state index >= 15 is 0 Å². The molecule has 2 nitrogen and oxygen atoms in total. The number of amides is 1. The fourth-order valence-electron chi connectivity index (χ4n) is 3.19. The average molecular weight is 420 g/mol. The van der Waals surface area contributed by atoms with Crippen LogP contribution in [0.4, 0.5) is 0 Å². The molecule has 0 aliphatic carbocycles. The number of thiophene rings is 2. The number of carbonyl (C=O) groups is 1. The highest BCUT2D eigenvalue weighted by molar-refractivity contribution is 7.10. The Kier molecular flexibility index (Phi) is 5.18. The highest BCUT2D eigenvalue weighted by atomic mass is 35.5. The van der Waals surface area contributed by atoms with E-state index in [-0.39, 0.29) is 11.9 Å². The molecule has 6 heteroatoms. The molecule has 0 N–H and O–H groups in total. The zero-order valence-electron chi connectivity index (χ0n) is 13.7. The van der Waals surface area contributed by atoms with Crippen molar-refractivity contribution in [2.24, 2.45) is 0 Å². The van der Waals surface area contributed by atoms with Crippen molar-refractivity contribution in [2.75, 3.05) is 6.54 Å². The Bertz CT molecular complexity index is 962. The number of nitrogens with zero attached hydrogens (tertiary/aromatic N) is 1. The topological polar surface area (TPSA) is 20.3 Å². The Morgan fingerprint density at radius 1 is 1.12 bits per heavy atom. The van der Waals surface area contributed by atoms with Crippen molar-refractivity contribution in [3.8, 4) is 0 Å². The highest BCUT2D eigenvalue weighted by Gasteiger charge is 2.32. The predicted molar refractivity (Wildman–Crippen MR) is 111 cm³/mol. The maximum atomic E-state index is 12.9. The second-order valence-corrected chi connectivity index (χ2v) is 8.80. The van der Waals surface area contributed by atoms with E-state index < -0.39 is 0 Å². The van der Waals surface area contributed by atoms with Gasteiger partial charge < -0.3 is 4.90 Å². The van der Waals surface area contributed by atoms with Crippen LogP contribution in [0.5, 0.6) is 0 Å². The van der Waals surface area contributed by atoms with Gasteiger partial charge in [0.05, 0.1) is 16.1 Å². The summed E-state index contributed by atoms with van der Waals surface area (Å²) in [5, 5.41) is 5.17. The van der Waals surface area contributed by atoms with Crippen LogP contribution >= 0.6 is 45.9 Å². The smallest absolute Gasteiger partial charge is 0.247 e. The lowest BCUT2D eigenvalue weighted by atomic mass is 9.98. The summed E-state index contributed by atoms with van der Waals surface area (Å²) < 4.78 is 0. The molecule has 1 aromatic carbocycles. The Morgan fingerprint density at radius 3 is 2.77 bits per heavy atom. The van der Waals surface area contributed by atoms with Crippen molar-refractivity contribution in [1.82, 2.24) is 4.90 Å². The summed E-state index contributed by atoms with van der Waals surface area (Å²) in [6.07, 6.45) is 4.32. The zero-order chi connectivity index (χ0) is 18.1. The number of hydrogen-bond acceptors (Lipinski definition) is 3.